The average Bonchev–Trinajstić information content (AvgIpc) is 2.55. The Morgan fingerprint density at radius 1 is 1.10 bits per heavy atom. The van der Waals surface area contributed by atoms with E-state index in [0.29, 0.717) is 24.9 Å². The van der Waals surface area contributed by atoms with Crippen LogP contribution in [0.25, 0.3) is 0 Å². The van der Waals surface area contributed by atoms with E-state index in [-0.39, 0.29) is 12.2 Å². The van der Waals surface area contributed by atoms with Gasteiger partial charge in [0.2, 0.25) is 0 Å². The number of halogens is 4. The summed E-state index contributed by atoms with van der Waals surface area (Å²) in [6, 6.07) is 5.42. The first-order valence-corrected chi connectivity index (χ1v) is 6.61. The van der Waals surface area contributed by atoms with Gasteiger partial charge in [0.25, 0.3) is 0 Å². The minimum absolute atomic E-state index is 0.223. The number of hydrogen-bond acceptors (Lipinski definition) is 2. The van der Waals surface area contributed by atoms with E-state index >= 15 is 0 Å². The maximum atomic E-state index is 14.6. The van der Waals surface area contributed by atoms with Gasteiger partial charge in [-0.1, -0.05) is 12.1 Å². The third-order valence-electron chi connectivity index (χ3n) is 3.41. The smallest absolute Gasteiger partial charge is 0.406 e. The fourth-order valence-corrected chi connectivity index (χ4v) is 2.44. The van der Waals surface area contributed by atoms with Gasteiger partial charge < -0.3 is 10.1 Å². The molecule has 6 heteroatoms. The summed E-state index contributed by atoms with van der Waals surface area (Å²) in [5, 5.41) is 3.14. The van der Waals surface area contributed by atoms with Gasteiger partial charge in [0.05, 0.1) is 0 Å². The lowest BCUT2D eigenvalue weighted by Crippen LogP contribution is -2.27. The van der Waals surface area contributed by atoms with Crippen LogP contribution in [0.4, 0.5) is 17.6 Å². The van der Waals surface area contributed by atoms with Crippen molar-refractivity contribution in [1.29, 1.82) is 0 Å². The molecule has 0 bridgehead atoms. The van der Waals surface area contributed by atoms with Crippen molar-refractivity contribution < 1.29 is 22.3 Å². The van der Waals surface area contributed by atoms with E-state index in [4.69, 9.17) is 0 Å². The summed E-state index contributed by atoms with van der Waals surface area (Å²) >= 11 is 0. The standard InChI is InChI=1S/C14H17F4NO/c15-13(6-1-8-19-9-7-13)10-11-2-4-12(5-3-11)20-14(16,17)18/h2-5,19H,1,6-10H2. The molecule has 1 N–H and O–H groups in total. The van der Waals surface area contributed by atoms with Crippen molar-refractivity contribution in [1.82, 2.24) is 5.32 Å². The molecule has 1 atom stereocenters. The first-order valence-electron chi connectivity index (χ1n) is 6.61. The van der Waals surface area contributed by atoms with Crippen LogP contribution in [0.1, 0.15) is 24.8 Å². The molecule has 2 rings (SSSR count). The SMILES string of the molecule is FC1(Cc2ccc(OC(F)(F)F)cc2)CCCNCC1. The highest BCUT2D eigenvalue weighted by atomic mass is 19.4. The molecule has 1 aliphatic heterocycles. The lowest BCUT2D eigenvalue weighted by Gasteiger charge is -2.23. The molecule has 1 saturated heterocycles. The molecule has 2 nitrogen and oxygen atoms in total. The van der Waals surface area contributed by atoms with E-state index in [1.165, 1.54) is 24.3 Å². The summed E-state index contributed by atoms with van der Waals surface area (Å²) in [7, 11) is 0. The molecule has 0 radical (unpaired) electrons. The second kappa shape index (κ2) is 5.99. The van der Waals surface area contributed by atoms with Crippen LogP contribution in [0.5, 0.6) is 5.75 Å². The topological polar surface area (TPSA) is 21.3 Å². The van der Waals surface area contributed by atoms with Gasteiger partial charge in [0.1, 0.15) is 11.4 Å². The molecule has 0 saturated carbocycles. The molecule has 1 aromatic carbocycles. The minimum atomic E-state index is -4.70. The molecule has 1 aromatic rings. The molecule has 0 spiro atoms. The lowest BCUT2D eigenvalue weighted by molar-refractivity contribution is -0.274. The van der Waals surface area contributed by atoms with Gasteiger partial charge in [-0.25, -0.2) is 4.39 Å². The summed E-state index contributed by atoms with van der Waals surface area (Å²) in [5.74, 6) is -0.281. The fraction of sp³-hybridized carbons (Fsp3) is 0.571. The second-order valence-electron chi connectivity index (χ2n) is 5.12. The van der Waals surface area contributed by atoms with Crippen LogP contribution >= 0.6 is 0 Å². The highest BCUT2D eigenvalue weighted by Crippen LogP contribution is 2.30. The maximum absolute atomic E-state index is 14.6. The Kier molecular flexibility index (Phi) is 4.52. The van der Waals surface area contributed by atoms with Gasteiger partial charge in [-0.2, -0.15) is 0 Å². The maximum Gasteiger partial charge on any atom is 0.573 e. The zero-order valence-electron chi connectivity index (χ0n) is 11.0. The third kappa shape index (κ3) is 4.67. The van der Waals surface area contributed by atoms with E-state index in [1.807, 2.05) is 0 Å². The number of benzene rings is 1. The molecule has 1 fully saturated rings. The van der Waals surface area contributed by atoms with E-state index in [0.717, 1.165) is 13.0 Å². The third-order valence-corrected chi connectivity index (χ3v) is 3.41. The van der Waals surface area contributed by atoms with E-state index in [2.05, 4.69) is 10.1 Å². The minimum Gasteiger partial charge on any atom is -0.406 e. The molecule has 0 aromatic heterocycles. The molecule has 1 unspecified atom stereocenters. The van der Waals surface area contributed by atoms with Crippen LogP contribution in [-0.2, 0) is 6.42 Å². The molecular weight excluding hydrogens is 274 g/mol. The van der Waals surface area contributed by atoms with Crippen LogP contribution in [0.2, 0.25) is 0 Å². The normalized spacial score (nSPS) is 24.2. The summed E-state index contributed by atoms with van der Waals surface area (Å²) in [4.78, 5) is 0. The summed E-state index contributed by atoms with van der Waals surface area (Å²) in [6.07, 6.45) is -2.81. The number of nitrogens with one attached hydrogen (secondary N) is 1. The molecule has 112 valence electrons. The molecule has 20 heavy (non-hydrogen) atoms. The van der Waals surface area contributed by atoms with Crippen LogP contribution in [0.15, 0.2) is 24.3 Å². The van der Waals surface area contributed by atoms with Gasteiger partial charge in [-0.3, -0.25) is 0 Å². The Morgan fingerprint density at radius 3 is 2.45 bits per heavy atom. The highest BCUT2D eigenvalue weighted by molar-refractivity contribution is 5.28. The summed E-state index contributed by atoms with van der Waals surface area (Å²) < 4.78 is 54.5. The zero-order valence-corrected chi connectivity index (χ0v) is 11.0. The first-order chi connectivity index (χ1) is 9.36. The van der Waals surface area contributed by atoms with Crippen LogP contribution < -0.4 is 10.1 Å². The monoisotopic (exact) mass is 291 g/mol. The predicted molar refractivity (Wildman–Crippen MR) is 67.4 cm³/mol. The van der Waals surface area contributed by atoms with Crippen molar-refractivity contribution in [3.8, 4) is 5.75 Å². The van der Waals surface area contributed by atoms with Gasteiger partial charge in [0.15, 0.2) is 0 Å². The molecule has 0 aliphatic carbocycles. The van der Waals surface area contributed by atoms with Crippen molar-refractivity contribution in [3.63, 3.8) is 0 Å². The van der Waals surface area contributed by atoms with Crippen molar-refractivity contribution in [2.45, 2.75) is 37.7 Å². The Hall–Kier alpha value is -1.30. The van der Waals surface area contributed by atoms with Crippen molar-refractivity contribution >= 4 is 0 Å². The van der Waals surface area contributed by atoms with Gasteiger partial charge in [0, 0.05) is 6.42 Å². The van der Waals surface area contributed by atoms with E-state index < -0.39 is 12.0 Å². The van der Waals surface area contributed by atoms with Crippen LogP contribution in [0.3, 0.4) is 0 Å². The molecule has 1 aliphatic rings. The average molecular weight is 291 g/mol. The molecule has 1 heterocycles. The number of hydrogen-bond donors (Lipinski definition) is 1. The van der Waals surface area contributed by atoms with E-state index in [9.17, 15) is 17.6 Å². The molecular formula is C14H17F4NO. The second-order valence-corrected chi connectivity index (χ2v) is 5.12. The lowest BCUT2D eigenvalue weighted by atomic mass is 9.89. The predicted octanol–water partition coefficient (Wildman–Crippen LogP) is 3.61. The largest absolute Gasteiger partial charge is 0.573 e. The Morgan fingerprint density at radius 2 is 1.80 bits per heavy atom. The first kappa shape index (κ1) is 15.1. The van der Waals surface area contributed by atoms with Gasteiger partial charge >= 0.3 is 6.36 Å². The quantitative estimate of drug-likeness (QED) is 0.859. The Balaban J connectivity index is 1.99. The van der Waals surface area contributed by atoms with Crippen LogP contribution in [0, 0.1) is 0 Å². The fourth-order valence-electron chi connectivity index (χ4n) is 2.44. The van der Waals surface area contributed by atoms with Crippen molar-refractivity contribution in [2.75, 3.05) is 13.1 Å². The summed E-state index contributed by atoms with van der Waals surface area (Å²) in [5.41, 5.74) is -0.598. The van der Waals surface area contributed by atoms with E-state index in [1.54, 1.807) is 0 Å². The van der Waals surface area contributed by atoms with Crippen molar-refractivity contribution in [3.05, 3.63) is 29.8 Å². The molecule has 0 amide bonds. The zero-order chi connectivity index (χ0) is 14.6. The summed E-state index contributed by atoms with van der Waals surface area (Å²) in [6.45, 7) is 1.44. The van der Waals surface area contributed by atoms with Crippen LogP contribution in [-0.4, -0.2) is 25.1 Å². The number of rotatable bonds is 3. The Labute approximate surface area is 115 Å². The van der Waals surface area contributed by atoms with Gasteiger partial charge in [-0.15, -0.1) is 13.2 Å². The van der Waals surface area contributed by atoms with Crippen molar-refractivity contribution in [2.24, 2.45) is 0 Å². The van der Waals surface area contributed by atoms with Gasteiger partial charge in [-0.05, 0) is 50.0 Å². The number of alkyl halides is 4. The Bertz CT molecular complexity index is 422. The highest BCUT2D eigenvalue weighted by Gasteiger charge is 2.32. The number of ether oxygens (including phenoxy) is 1.